The largest absolute Gasteiger partial charge is 0.490 e. The number of carbonyl (C=O) groups is 4. The van der Waals surface area contributed by atoms with E-state index >= 15 is 0 Å². The van der Waals surface area contributed by atoms with Crippen molar-refractivity contribution < 1.29 is 43.0 Å². The number of rotatable bonds is 9. The van der Waals surface area contributed by atoms with E-state index in [1.165, 1.54) is 17.0 Å². The first-order valence-corrected chi connectivity index (χ1v) is 18.4. The number of amides is 3. The number of likely N-dealkylation sites (tertiary alicyclic amines) is 1. The number of esters is 1. The van der Waals surface area contributed by atoms with Crippen molar-refractivity contribution in [3.05, 3.63) is 59.8 Å². The molecule has 47 heavy (non-hydrogen) atoms. The molecule has 1 fully saturated rings. The maximum absolute atomic E-state index is 13.1. The molecule has 0 spiro atoms. The minimum Gasteiger partial charge on any atom is -0.490 e. The summed E-state index contributed by atoms with van der Waals surface area (Å²) in [5, 5.41) is 15.7. The molecule has 0 aliphatic carbocycles. The summed E-state index contributed by atoms with van der Waals surface area (Å²) in [5.74, 6) is -1.79. The summed E-state index contributed by atoms with van der Waals surface area (Å²) in [6.07, 6.45) is -0.998. The van der Waals surface area contributed by atoms with Crippen LogP contribution >= 0.6 is 0 Å². The van der Waals surface area contributed by atoms with Crippen molar-refractivity contribution in [2.45, 2.75) is 83.5 Å². The fourth-order valence-electron chi connectivity index (χ4n) is 5.19. The van der Waals surface area contributed by atoms with Crippen molar-refractivity contribution in [1.82, 2.24) is 19.7 Å². The highest BCUT2D eigenvalue weighted by atomic mass is 28.4. The van der Waals surface area contributed by atoms with Crippen LogP contribution < -0.4 is 4.74 Å². The summed E-state index contributed by atoms with van der Waals surface area (Å²) >= 11 is 0. The first kappa shape index (κ1) is 34.1. The zero-order chi connectivity index (χ0) is 34.5. The number of aromatic nitrogens is 2. The topological polar surface area (TPSA) is 150 Å². The Bertz CT molecular complexity index is 1670. The maximum Gasteiger partial charge on any atom is 0.407 e. The van der Waals surface area contributed by atoms with E-state index in [0.717, 1.165) is 5.39 Å². The van der Waals surface area contributed by atoms with Crippen molar-refractivity contribution in [2.24, 2.45) is 0 Å². The Morgan fingerprint density at radius 3 is 2.21 bits per heavy atom. The van der Waals surface area contributed by atoms with Crippen molar-refractivity contribution in [1.29, 1.82) is 0 Å². The van der Waals surface area contributed by atoms with E-state index in [9.17, 15) is 24.3 Å². The highest BCUT2D eigenvalue weighted by Gasteiger charge is 2.46. The molecule has 3 heterocycles. The van der Waals surface area contributed by atoms with Crippen molar-refractivity contribution in [3.8, 4) is 5.75 Å². The smallest absolute Gasteiger partial charge is 0.407 e. The third kappa shape index (κ3) is 7.19. The molecule has 0 saturated carbocycles. The molecule has 0 radical (unpaired) electrons. The highest BCUT2D eigenvalue weighted by Crippen LogP contribution is 2.40. The fourth-order valence-corrected chi connectivity index (χ4v) is 6.53. The van der Waals surface area contributed by atoms with Gasteiger partial charge in [-0.15, -0.1) is 5.06 Å². The number of fused-ring (bicyclic) bond motifs is 2. The Hall–Kier alpha value is -4.27. The first-order chi connectivity index (χ1) is 21.8. The molecule has 5 rings (SSSR count). The number of carboxylic acid groups (broad SMARTS) is 1. The molecule has 1 saturated heterocycles. The van der Waals surface area contributed by atoms with Gasteiger partial charge in [-0.25, -0.2) is 14.4 Å². The summed E-state index contributed by atoms with van der Waals surface area (Å²) in [5.41, 5.74) is 0.142. The van der Waals surface area contributed by atoms with Gasteiger partial charge in [0, 0.05) is 18.1 Å². The number of hydrogen-bond donors (Lipinski definition) is 1. The SMILES string of the molecule is CC(C)(C)OC(=O)[C@H](COc1ccc2nn(C3CN(C(=O)O)CC3O[Si](C)(C)C(C)(C)C)cc2c1)ON1C(=O)c2ccccc2C1=O. The van der Waals surface area contributed by atoms with E-state index in [2.05, 4.69) is 33.9 Å². The van der Waals surface area contributed by atoms with E-state index in [0.29, 0.717) is 16.3 Å². The van der Waals surface area contributed by atoms with Gasteiger partial charge < -0.3 is 23.9 Å². The third-order valence-corrected chi connectivity index (χ3v) is 13.2. The lowest BCUT2D eigenvalue weighted by Crippen LogP contribution is -2.46. The highest BCUT2D eigenvalue weighted by molar-refractivity contribution is 6.74. The van der Waals surface area contributed by atoms with Gasteiger partial charge in [0.25, 0.3) is 11.8 Å². The number of benzene rings is 2. The van der Waals surface area contributed by atoms with Gasteiger partial charge in [0.1, 0.15) is 18.0 Å². The lowest BCUT2D eigenvalue weighted by molar-refractivity contribution is -0.193. The van der Waals surface area contributed by atoms with Crippen molar-refractivity contribution in [3.63, 3.8) is 0 Å². The molecule has 2 aliphatic rings. The summed E-state index contributed by atoms with van der Waals surface area (Å²) in [7, 11) is -2.22. The summed E-state index contributed by atoms with van der Waals surface area (Å²) in [4.78, 5) is 57.9. The van der Waals surface area contributed by atoms with Gasteiger partial charge in [-0.05, 0) is 69.2 Å². The lowest BCUT2D eigenvalue weighted by atomic mass is 10.1. The average molecular weight is 667 g/mol. The second kappa shape index (κ2) is 12.4. The molecule has 2 unspecified atom stereocenters. The van der Waals surface area contributed by atoms with E-state index in [1.54, 1.807) is 55.8 Å². The number of imide groups is 1. The summed E-state index contributed by atoms with van der Waals surface area (Å²) in [6.45, 7) is 15.9. The molecule has 3 atom stereocenters. The molecule has 14 heteroatoms. The Morgan fingerprint density at radius 2 is 1.64 bits per heavy atom. The molecule has 2 aromatic carbocycles. The van der Waals surface area contributed by atoms with Crippen LogP contribution in [0.15, 0.2) is 48.7 Å². The predicted molar refractivity (Wildman–Crippen MR) is 174 cm³/mol. The van der Waals surface area contributed by atoms with Crippen LogP contribution in [-0.2, 0) is 18.8 Å². The third-order valence-electron chi connectivity index (χ3n) is 8.65. The number of hydrogen-bond acceptors (Lipinski definition) is 9. The van der Waals surface area contributed by atoms with E-state index < -0.39 is 43.9 Å². The quantitative estimate of drug-likeness (QED) is 0.182. The second-order valence-corrected chi connectivity index (χ2v) is 19.1. The Kier molecular flexibility index (Phi) is 8.99. The second-order valence-electron chi connectivity index (χ2n) is 14.4. The van der Waals surface area contributed by atoms with Gasteiger partial charge in [0.05, 0.1) is 35.3 Å². The standard InChI is InChI=1S/C33H42N4O9Si/c1-32(2,3)44-30(40)27(45-37-28(38)22-11-9-10-12-23(22)29(37)39)19-43-21-13-14-24-20(15-21)16-36(34-24)25-17-35(31(41)42)18-26(25)46-47(7,8)33(4,5)6/h9-16,25-27H,17-19H2,1-8H3,(H,41,42)/t25?,26?,27-/m0/s1. The van der Waals surface area contributed by atoms with Crippen LogP contribution in [0.4, 0.5) is 4.79 Å². The van der Waals surface area contributed by atoms with Gasteiger partial charge in [0.2, 0.25) is 6.10 Å². The molecule has 2 aliphatic heterocycles. The molecule has 252 valence electrons. The number of nitrogens with zero attached hydrogens (tertiary/aromatic N) is 4. The normalized spacial score (nSPS) is 19.3. The maximum atomic E-state index is 13.1. The van der Waals surface area contributed by atoms with Gasteiger partial charge in [-0.1, -0.05) is 32.9 Å². The van der Waals surface area contributed by atoms with Crippen molar-refractivity contribution >= 4 is 43.1 Å². The molecular weight excluding hydrogens is 624 g/mol. The van der Waals surface area contributed by atoms with Gasteiger partial charge in [-0.3, -0.25) is 14.3 Å². The number of carbonyl (C=O) groups excluding carboxylic acids is 3. The van der Waals surface area contributed by atoms with Crippen LogP contribution in [0.5, 0.6) is 5.75 Å². The minimum atomic E-state index is -2.22. The minimum absolute atomic E-state index is 0.0600. The molecule has 1 N–H and O–H groups in total. The Balaban J connectivity index is 1.35. The monoisotopic (exact) mass is 666 g/mol. The summed E-state index contributed by atoms with van der Waals surface area (Å²) < 4.78 is 19.9. The van der Waals surface area contributed by atoms with Crippen LogP contribution in [-0.4, -0.2) is 94.5 Å². The van der Waals surface area contributed by atoms with Crippen LogP contribution in [0, 0.1) is 0 Å². The molecule has 1 aromatic heterocycles. The first-order valence-electron chi connectivity index (χ1n) is 15.5. The molecule has 3 aromatic rings. The number of ether oxygens (including phenoxy) is 2. The van der Waals surface area contributed by atoms with Gasteiger partial charge in [-0.2, -0.15) is 5.10 Å². The molecule has 0 bridgehead atoms. The zero-order valence-electron chi connectivity index (χ0n) is 28.0. The summed E-state index contributed by atoms with van der Waals surface area (Å²) in [6, 6.07) is 11.1. The zero-order valence-corrected chi connectivity index (χ0v) is 29.0. The van der Waals surface area contributed by atoms with E-state index in [4.69, 9.17) is 23.8 Å². The number of hydroxylamine groups is 2. The van der Waals surface area contributed by atoms with Crippen molar-refractivity contribution in [2.75, 3.05) is 19.7 Å². The van der Waals surface area contributed by atoms with Gasteiger partial charge >= 0.3 is 12.1 Å². The predicted octanol–water partition coefficient (Wildman–Crippen LogP) is 5.28. The molecular formula is C33H42N4O9Si. The Morgan fingerprint density at radius 1 is 1.00 bits per heavy atom. The van der Waals surface area contributed by atoms with Crippen LogP contribution in [0.2, 0.25) is 18.1 Å². The van der Waals surface area contributed by atoms with E-state index in [-0.39, 0.29) is 48.0 Å². The average Bonchev–Trinajstić information content (AvgIpc) is 3.64. The van der Waals surface area contributed by atoms with Gasteiger partial charge in [0.15, 0.2) is 8.32 Å². The lowest BCUT2D eigenvalue weighted by Gasteiger charge is -2.39. The Labute approximate surface area is 274 Å². The van der Waals surface area contributed by atoms with Crippen LogP contribution in [0.25, 0.3) is 10.9 Å². The molecule has 13 nitrogen and oxygen atoms in total. The fraction of sp³-hybridized carbons (Fsp3) is 0.485. The van der Waals surface area contributed by atoms with Crippen LogP contribution in [0.1, 0.15) is 68.3 Å². The van der Waals surface area contributed by atoms with E-state index in [1.807, 2.05) is 6.20 Å². The van der Waals surface area contributed by atoms with Crippen LogP contribution in [0.3, 0.4) is 0 Å². The molecule has 3 amide bonds.